The molecule has 0 bridgehead atoms. The van der Waals surface area contributed by atoms with Crippen LogP contribution in [0.5, 0.6) is 0 Å². The molecule has 0 radical (unpaired) electrons. The van der Waals surface area contributed by atoms with Gasteiger partial charge in [0.2, 0.25) is 0 Å². The van der Waals surface area contributed by atoms with Crippen LogP contribution in [0.15, 0.2) is 35.7 Å². The van der Waals surface area contributed by atoms with Crippen LogP contribution in [0.25, 0.3) is 11.3 Å². The quantitative estimate of drug-likeness (QED) is 0.897. The maximum Gasteiger partial charge on any atom is 0.0939 e. The van der Waals surface area contributed by atoms with Gasteiger partial charge in [-0.05, 0) is 18.3 Å². The summed E-state index contributed by atoms with van der Waals surface area (Å²) >= 11 is 1.70. The van der Waals surface area contributed by atoms with Crippen LogP contribution >= 0.6 is 11.3 Å². The van der Waals surface area contributed by atoms with Crippen LogP contribution in [0, 0.1) is 5.41 Å². The minimum Gasteiger partial charge on any atom is -0.396 e. The third-order valence-electron chi connectivity index (χ3n) is 3.44. The van der Waals surface area contributed by atoms with E-state index in [2.05, 4.69) is 22.5 Å². The van der Waals surface area contributed by atoms with Crippen LogP contribution in [-0.4, -0.2) is 16.7 Å². The summed E-state index contributed by atoms with van der Waals surface area (Å²) in [4.78, 5) is 4.66. The molecule has 0 amide bonds. The van der Waals surface area contributed by atoms with Crippen molar-refractivity contribution in [3.05, 3.63) is 40.7 Å². The van der Waals surface area contributed by atoms with Gasteiger partial charge < -0.3 is 5.11 Å². The Labute approximate surface area is 105 Å². The summed E-state index contributed by atoms with van der Waals surface area (Å²) in [6.07, 6.45) is 3.22. The smallest absolute Gasteiger partial charge is 0.0939 e. The predicted octanol–water partition coefficient (Wildman–Crippen LogP) is 3.13. The largest absolute Gasteiger partial charge is 0.396 e. The van der Waals surface area contributed by atoms with Gasteiger partial charge >= 0.3 is 0 Å². The molecular formula is C14H15NOS. The zero-order valence-electron chi connectivity index (χ0n) is 9.60. The molecule has 0 spiro atoms. The lowest BCUT2D eigenvalue weighted by Gasteiger charge is -2.07. The third kappa shape index (κ3) is 2.26. The Bertz CT molecular complexity index is 502. The van der Waals surface area contributed by atoms with Crippen LogP contribution in [-0.2, 0) is 6.42 Å². The molecule has 1 aliphatic carbocycles. The lowest BCUT2D eigenvalue weighted by molar-refractivity contribution is 0.211. The van der Waals surface area contributed by atoms with E-state index >= 15 is 0 Å². The summed E-state index contributed by atoms with van der Waals surface area (Å²) in [6.45, 7) is 0.299. The van der Waals surface area contributed by atoms with Crippen molar-refractivity contribution < 1.29 is 5.11 Å². The van der Waals surface area contributed by atoms with Crippen LogP contribution in [0.1, 0.15) is 17.8 Å². The van der Waals surface area contributed by atoms with Gasteiger partial charge in [-0.3, -0.25) is 0 Å². The summed E-state index contributed by atoms with van der Waals surface area (Å²) in [5.41, 5.74) is 2.38. The molecule has 2 nitrogen and oxygen atoms in total. The lowest BCUT2D eigenvalue weighted by Crippen LogP contribution is -2.09. The summed E-state index contributed by atoms with van der Waals surface area (Å²) in [5, 5.41) is 12.6. The van der Waals surface area contributed by atoms with Gasteiger partial charge in [0.05, 0.1) is 10.7 Å². The van der Waals surface area contributed by atoms with E-state index < -0.39 is 0 Å². The zero-order valence-corrected chi connectivity index (χ0v) is 10.4. The molecule has 17 heavy (non-hydrogen) atoms. The van der Waals surface area contributed by atoms with Crippen molar-refractivity contribution in [3.8, 4) is 11.3 Å². The molecule has 1 fully saturated rings. The van der Waals surface area contributed by atoms with Crippen LogP contribution in [0.4, 0.5) is 0 Å². The van der Waals surface area contributed by atoms with E-state index in [1.165, 1.54) is 5.56 Å². The fourth-order valence-electron chi connectivity index (χ4n) is 2.02. The van der Waals surface area contributed by atoms with Gasteiger partial charge in [0.25, 0.3) is 0 Å². The second kappa shape index (κ2) is 4.24. The van der Waals surface area contributed by atoms with Crippen LogP contribution < -0.4 is 0 Å². The molecule has 0 unspecified atom stereocenters. The zero-order chi connectivity index (χ0) is 11.7. The summed E-state index contributed by atoms with van der Waals surface area (Å²) in [7, 11) is 0. The molecule has 3 heteroatoms. The number of thiazole rings is 1. The minimum absolute atomic E-state index is 0.159. The fraction of sp³-hybridized carbons (Fsp3) is 0.357. The number of rotatable bonds is 4. The Balaban J connectivity index is 1.79. The first-order chi connectivity index (χ1) is 8.31. The van der Waals surface area contributed by atoms with E-state index in [1.807, 2.05) is 18.2 Å². The molecule has 1 N–H and O–H groups in total. The second-order valence-electron chi connectivity index (χ2n) is 4.83. The number of hydrogen-bond donors (Lipinski definition) is 1. The fourth-order valence-corrected chi connectivity index (χ4v) is 3.00. The van der Waals surface area contributed by atoms with Gasteiger partial charge in [0, 0.05) is 24.0 Å². The molecule has 0 atom stereocenters. The number of nitrogens with zero attached hydrogens (tertiary/aromatic N) is 1. The first-order valence-corrected chi connectivity index (χ1v) is 6.80. The van der Waals surface area contributed by atoms with Crippen LogP contribution in [0.2, 0.25) is 0 Å². The number of aromatic nitrogens is 1. The van der Waals surface area contributed by atoms with Crippen molar-refractivity contribution in [1.29, 1.82) is 0 Å². The average molecular weight is 245 g/mol. The second-order valence-corrected chi connectivity index (χ2v) is 5.77. The Kier molecular flexibility index (Phi) is 2.73. The molecule has 3 rings (SSSR count). The van der Waals surface area contributed by atoms with Gasteiger partial charge in [-0.15, -0.1) is 11.3 Å². The maximum absolute atomic E-state index is 9.32. The van der Waals surface area contributed by atoms with E-state index in [1.54, 1.807) is 11.3 Å². The molecular weight excluding hydrogens is 230 g/mol. The van der Waals surface area contributed by atoms with Gasteiger partial charge in [0.1, 0.15) is 0 Å². The molecule has 2 aromatic rings. The standard InChI is InChI=1S/C14H15NOS/c16-10-14(6-7-14)8-13-15-12(9-17-13)11-4-2-1-3-5-11/h1-5,9,16H,6-8,10H2. The van der Waals surface area contributed by atoms with Crippen molar-refractivity contribution in [1.82, 2.24) is 4.98 Å². The number of aliphatic hydroxyl groups excluding tert-OH is 1. The van der Waals surface area contributed by atoms with Gasteiger partial charge in [-0.25, -0.2) is 4.98 Å². The van der Waals surface area contributed by atoms with E-state index in [-0.39, 0.29) is 5.41 Å². The minimum atomic E-state index is 0.159. The highest BCUT2D eigenvalue weighted by Crippen LogP contribution is 2.48. The number of hydrogen-bond acceptors (Lipinski definition) is 3. The van der Waals surface area contributed by atoms with Crippen molar-refractivity contribution in [3.63, 3.8) is 0 Å². The monoisotopic (exact) mass is 245 g/mol. The summed E-state index contributed by atoms with van der Waals surface area (Å²) in [5.74, 6) is 0. The topological polar surface area (TPSA) is 33.1 Å². The Morgan fingerprint density at radius 2 is 2.00 bits per heavy atom. The maximum atomic E-state index is 9.32. The first kappa shape index (κ1) is 10.9. The van der Waals surface area contributed by atoms with Crippen molar-refractivity contribution in [2.24, 2.45) is 5.41 Å². The van der Waals surface area contributed by atoms with E-state index in [9.17, 15) is 5.11 Å². The Morgan fingerprint density at radius 3 is 2.65 bits per heavy atom. The van der Waals surface area contributed by atoms with Crippen molar-refractivity contribution in [2.45, 2.75) is 19.3 Å². The highest BCUT2D eigenvalue weighted by Gasteiger charge is 2.42. The molecule has 1 aromatic heterocycles. The molecule has 0 aliphatic heterocycles. The van der Waals surface area contributed by atoms with E-state index in [0.717, 1.165) is 30.0 Å². The van der Waals surface area contributed by atoms with Gasteiger partial charge in [-0.1, -0.05) is 30.3 Å². The predicted molar refractivity (Wildman–Crippen MR) is 70.0 cm³/mol. The van der Waals surface area contributed by atoms with Gasteiger partial charge in [0.15, 0.2) is 0 Å². The Morgan fingerprint density at radius 1 is 1.24 bits per heavy atom. The van der Waals surface area contributed by atoms with Crippen molar-refractivity contribution >= 4 is 11.3 Å². The number of aliphatic hydroxyl groups is 1. The molecule has 0 saturated heterocycles. The number of benzene rings is 1. The SMILES string of the molecule is OCC1(Cc2nc(-c3ccccc3)cs2)CC1. The highest BCUT2D eigenvalue weighted by molar-refractivity contribution is 7.09. The van der Waals surface area contributed by atoms with Crippen LogP contribution in [0.3, 0.4) is 0 Å². The Hall–Kier alpha value is -1.19. The summed E-state index contributed by atoms with van der Waals surface area (Å²) < 4.78 is 0. The lowest BCUT2D eigenvalue weighted by atomic mass is 10.1. The molecule has 1 aliphatic rings. The normalized spacial score (nSPS) is 17.0. The summed E-state index contributed by atoms with van der Waals surface area (Å²) in [6, 6.07) is 10.2. The highest BCUT2D eigenvalue weighted by atomic mass is 32.1. The average Bonchev–Trinajstić information content (AvgIpc) is 3.00. The third-order valence-corrected chi connectivity index (χ3v) is 4.29. The first-order valence-electron chi connectivity index (χ1n) is 5.92. The molecule has 1 aromatic carbocycles. The molecule has 88 valence electrons. The van der Waals surface area contributed by atoms with Gasteiger partial charge in [-0.2, -0.15) is 0 Å². The molecule has 1 heterocycles. The van der Waals surface area contributed by atoms with E-state index in [0.29, 0.717) is 6.61 Å². The van der Waals surface area contributed by atoms with E-state index in [4.69, 9.17) is 0 Å². The molecule has 1 saturated carbocycles. The van der Waals surface area contributed by atoms with Crippen molar-refractivity contribution in [2.75, 3.05) is 6.61 Å².